The van der Waals surface area contributed by atoms with Gasteiger partial charge in [-0.1, -0.05) is 24.9 Å². The molecular weight excluding hydrogens is 288 g/mol. The van der Waals surface area contributed by atoms with E-state index in [9.17, 15) is 4.79 Å². The number of hydrogen-bond acceptors (Lipinski definition) is 3. The van der Waals surface area contributed by atoms with Crippen LogP contribution < -0.4 is 0 Å². The lowest BCUT2D eigenvalue weighted by molar-refractivity contribution is 0.0780. The van der Waals surface area contributed by atoms with Gasteiger partial charge in [0.2, 0.25) is 0 Å². The predicted octanol–water partition coefficient (Wildman–Crippen LogP) is 2.69. The summed E-state index contributed by atoms with van der Waals surface area (Å²) in [5.74, 6) is 0.749. The first-order valence-electron chi connectivity index (χ1n) is 6.89. The number of rotatable bonds is 5. The number of nitrogens with zero attached hydrogens (tertiary/aromatic N) is 4. The average molecular weight is 307 g/mol. The van der Waals surface area contributed by atoms with Crippen LogP contribution in [0, 0.1) is 0 Å². The lowest BCUT2D eigenvalue weighted by Crippen LogP contribution is -2.27. The Bertz CT molecular complexity index is 638. The first-order valence-corrected chi connectivity index (χ1v) is 7.27. The van der Waals surface area contributed by atoms with E-state index in [0.717, 1.165) is 24.4 Å². The number of pyridine rings is 1. The zero-order valence-corrected chi connectivity index (χ0v) is 13.3. The van der Waals surface area contributed by atoms with Gasteiger partial charge in [-0.2, -0.15) is 0 Å². The van der Waals surface area contributed by atoms with E-state index in [1.807, 2.05) is 23.9 Å². The van der Waals surface area contributed by atoms with Crippen LogP contribution in [0.1, 0.15) is 35.2 Å². The number of aryl methyl sites for hydroxylation is 2. The Balaban J connectivity index is 2.17. The van der Waals surface area contributed by atoms with Gasteiger partial charge in [0.05, 0.1) is 6.54 Å². The molecule has 0 spiro atoms. The van der Waals surface area contributed by atoms with Crippen molar-refractivity contribution in [3.8, 4) is 0 Å². The first-order chi connectivity index (χ1) is 10.0. The second kappa shape index (κ2) is 6.72. The van der Waals surface area contributed by atoms with Crippen molar-refractivity contribution in [2.75, 3.05) is 7.05 Å². The van der Waals surface area contributed by atoms with E-state index in [2.05, 4.69) is 16.9 Å². The van der Waals surface area contributed by atoms with Crippen LogP contribution in [0.2, 0.25) is 5.15 Å². The summed E-state index contributed by atoms with van der Waals surface area (Å²) in [5.41, 5.74) is 1.41. The van der Waals surface area contributed by atoms with Crippen molar-refractivity contribution >= 4 is 17.5 Å². The maximum atomic E-state index is 12.5. The Morgan fingerprint density at radius 1 is 1.43 bits per heavy atom. The fraction of sp³-hybridized carbons (Fsp3) is 0.400. The Hall–Kier alpha value is -1.88. The molecule has 6 heteroatoms. The van der Waals surface area contributed by atoms with Gasteiger partial charge in [0.25, 0.3) is 5.91 Å². The molecule has 0 aliphatic rings. The molecule has 21 heavy (non-hydrogen) atoms. The quantitative estimate of drug-likeness (QED) is 0.798. The number of hydrogen-bond donors (Lipinski definition) is 0. The van der Waals surface area contributed by atoms with Crippen molar-refractivity contribution in [2.45, 2.75) is 26.3 Å². The molecule has 0 aliphatic carbocycles. The molecule has 0 saturated heterocycles. The number of amides is 1. The fourth-order valence-corrected chi connectivity index (χ4v) is 2.34. The second-order valence-electron chi connectivity index (χ2n) is 5.04. The molecular formula is C15H19ClN4O. The van der Waals surface area contributed by atoms with E-state index in [4.69, 9.17) is 11.6 Å². The Morgan fingerprint density at radius 3 is 2.81 bits per heavy atom. The van der Waals surface area contributed by atoms with Crippen molar-refractivity contribution in [1.29, 1.82) is 0 Å². The third-order valence-electron chi connectivity index (χ3n) is 3.25. The number of imidazole rings is 1. The maximum absolute atomic E-state index is 12.5. The molecule has 0 radical (unpaired) electrons. The molecule has 2 aromatic heterocycles. The van der Waals surface area contributed by atoms with Gasteiger partial charge in [-0.3, -0.25) is 4.79 Å². The summed E-state index contributed by atoms with van der Waals surface area (Å²) >= 11 is 6.00. The van der Waals surface area contributed by atoms with Crippen LogP contribution in [0.3, 0.4) is 0 Å². The number of aromatic nitrogens is 3. The van der Waals surface area contributed by atoms with Crippen molar-refractivity contribution < 1.29 is 4.79 Å². The summed E-state index contributed by atoms with van der Waals surface area (Å²) in [6.45, 7) is 2.52. The molecule has 0 fully saturated rings. The van der Waals surface area contributed by atoms with Crippen molar-refractivity contribution in [2.24, 2.45) is 7.05 Å². The van der Waals surface area contributed by atoms with Gasteiger partial charge in [0, 0.05) is 37.7 Å². The predicted molar refractivity (Wildman–Crippen MR) is 82.2 cm³/mol. The summed E-state index contributed by atoms with van der Waals surface area (Å²) < 4.78 is 1.89. The van der Waals surface area contributed by atoms with E-state index < -0.39 is 0 Å². The van der Waals surface area contributed by atoms with E-state index in [1.165, 1.54) is 0 Å². The standard InChI is InChI=1S/C15H19ClN4O/c1-4-5-12-8-11(9-13(16)18-12)15(21)20(3)10-14-17-6-7-19(14)2/h6-9H,4-5,10H2,1-3H3. The number of carbonyl (C=O) groups excluding carboxylic acids is 1. The number of halogens is 1. The van der Waals surface area contributed by atoms with Crippen LogP contribution in [0.25, 0.3) is 0 Å². The zero-order valence-electron chi connectivity index (χ0n) is 12.5. The highest BCUT2D eigenvalue weighted by atomic mass is 35.5. The molecule has 0 saturated carbocycles. The molecule has 0 aliphatic heterocycles. The van der Waals surface area contributed by atoms with E-state index in [0.29, 0.717) is 17.3 Å². The molecule has 1 amide bonds. The Morgan fingerprint density at radius 2 is 2.19 bits per heavy atom. The molecule has 2 rings (SSSR count). The average Bonchev–Trinajstić information content (AvgIpc) is 2.83. The van der Waals surface area contributed by atoms with Crippen LogP contribution in [0.4, 0.5) is 0 Å². The van der Waals surface area contributed by atoms with Gasteiger partial charge in [0.1, 0.15) is 11.0 Å². The van der Waals surface area contributed by atoms with Crippen LogP contribution in [-0.4, -0.2) is 32.4 Å². The fourth-order valence-electron chi connectivity index (χ4n) is 2.11. The lowest BCUT2D eigenvalue weighted by atomic mass is 10.1. The number of carbonyl (C=O) groups is 1. The van der Waals surface area contributed by atoms with Gasteiger partial charge in [-0.15, -0.1) is 0 Å². The molecule has 2 aromatic rings. The molecule has 0 bridgehead atoms. The highest BCUT2D eigenvalue weighted by molar-refractivity contribution is 6.29. The molecule has 0 aromatic carbocycles. The Labute approximate surface area is 129 Å². The van der Waals surface area contributed by atoms with Gasteiger partial charge in [-0.25, -0.2) is 9.97 Å². The maximum Gasteiger partial charge on any atom is 0.254 e. The van der Waals surface area contributed by atoms with Crippen LogP contribution in [-0.2, 0) is 20.0 Å². The molecule has 0 N–H and O–H groups in total. The van der Waals surface area contributed by atoms with E-state index >= 15 is 0 Å². The van der Waals surface area contributed by atoms with Crippen LogP contribution >= 0.6 is 11.6 Å². The largest absolute Gasteiger partial charge is 0.337 e. The topological polar surface area (TPSA) is 51.0 Å². The molecule has 112 valence electrons. The molecule has 2 heterocycles. The smallest absolute Gasteiger partial charge is 0.254 e. The van der Waals surface area contributed by atoms with Crippen molar-refractivity contribution in [1.82, 2.24) is 19.4 Å². The third kappa shape index (κ3) is 3.82. The first kappa shape index (κ1) is 15.5. The summed E-state index contributed by atoms with van der Waals surface area (Å²) in [7, 11) is 3.66. The van der Waals surface area contributed by atoms with Crippen LogP contribution in [0.15, 0.2) is 24.5 Å². The minimum absolute atomic E-state index is 0.0837. The highest BCUT2D eigenvalue weighted by Crippen LogP contribution is 2.15. The third-order valence-corrected chi connectivity index (χ3v) is 3.44. The summed E-state index contributed by atoms with van der Waals surface area (Å²) in [4.78, 5) is 22.6. The molecule has 0 atom stereocenters. The van der Waals surface area contributed by atoms with Gasteiger partial charge in [0.15, 0.2) is 0 Å². The molecule has 5 nitrogen and oxygen atoms in total. The minimum Gasteiger partial charge on any atom is -0.337 e. The second-order valence-corrected chi connectivity index (χ2v) is 5.42. The van der Waals surface area contributed by atoms with Crippen molar-refractivity contribution in [3.63, 3.8) is 0 Å². The normalized spacial score (nSPS) is 10.7. The Kier molecular flexibility index (Phi) is 4.96. The summed E-state index contributed by atoms with van der Waals surface area (Å²) in [6.07, 6.45) is 5.35. The summed E-state index contributed by atoms with van der Waals surface area (Å²) in [6, 6.07) is 3.42. The van der Waals surface area contributed by atoms with E-state index in [1.54, 1.807) is 24.2 Å². The van der Waals surface area contributed by atoms with Gasteiger partial charge in [-0.05, 0) is 18.6 Å². The van der Waals surface area contributed by atoms with Crippen molar-refractivity contribution in [3.05, 3.63) is 46.8 Å². The van der Waals surface area contributed by atoms with E-state index in [-0.39, 0.29) is 5.91 Å². The highest BCUT2D eigenvalue weighted by Gasteiger charge is 2.15. The minimum atomic E-state index is -0.0837. The van der Waals surface area contributed by atoms with Gasteiger partial charge >= 0.3 is 0 Å². The van der Waals surface area contributed by atoms with Gasteiger partial charge < -0.3 is 9.47 Å². The molecule has 0 unspecified atom stereocenters. The summed E-state index contributed by atoms with van der Waals surface area (Å²) in [5, 5.41) is 0.356. The van der Waals surface area contributed by atoms with Crippen LogP contribution in [0.5, 0.6) is 0 Å². The zero-order chi connectivity index (χ0) is 15.4. The SMILES string of the molecule is CCCc1cc(C(=O)N(C)Cc2nccn2C)cc(Cl)n1. The lowest BCUT2D eigenvalue weighted by Gasteiger charge is -2.17. The monoisotopic (exact) mass is 306 g/mol.